The van der Waals surface area contributed by atoms with Gasteiger partial charge in [-0.05, 0) is 38.5 Å². The third-order valence-electron chi connectivity index (χ3n) is 2.80. The maximum absolute atomic E-state index is 10.6. The molecule has 1 aliphatic rings. The van der Waals surface area contributed by atoms with Crippen molar-refractivity contribution in [2.24, 2.45) is 11.8 Å². The Kier molecular flexibility index (Phi) is 3.09. The van der Waals surface area contributed by atoms with E-state index in [2.05, 4.69) is 0 Å². The van der Waals surface area contributed by atoms with Gasteiger partial charge in [-0.1, -0.05) is 0 Å². The lowest BCUT2D eigenvalue weighted by molar-refractivity contribution is -0.143. The van der Waals surface area contributed by atoms with E-state index >= 15 is 0 Å². The SMILES string of the molecule is CC(O)C1CCC(C(=O)O)CC1. The molecule has 0 spiro atoms. The molecule has 70 valence electrons. The monoisotopic (exact) mass is 172 g/mol. The molecule has 0 aromatic heterocycles. The molecule has 1 saturated carbocycles. The van der Waals surface area contributed by atoms with E-state index in [0.29, 0.717) is 5.92 Å². The van der Waals surface area contributed by atoms with Crippen molar-refractivity contribution in [1.29, 1.82) is 0 Å². The van der Waals surface area contributed by atoms with Crippen LogP contribution in [0.4, 0.5) is 0 Å². The third kappa shape index (κ3) is 2.21. The topological polar surface area (TPSA) is 57.5 Å². The van der Waals surface area contributed by atoms with Gasteiger partial charge in [0.25, 0.3) is 0 Å². The van der Waals surface area contributed by atoms with E-state index in [0.717, 1.165) is 25.7 Å². The highest BCUT2D eigenvalue weighted by Crippen LogP contribution is 2.30. The van der Waals surface area contributed by atoms with Crippen molar-refractivity contribution in [3.8, 4) is 0 Å². The Hall–Kier alpha value is -0.570. The Bertz CT molecular complexity index is 157. The van der Waals surface area contributed by atoms with Crippen molar-refractivity contribution >= 4 is 5.97 Å². The summed E-state index contributed by atoms with van der Waals surface area (Å²) in [6.07, 6.45) is 2.89. The molecular weight excluding hydrogens is 156 g/mol. The lowest BCUT2D eigenvalue weighted by Crippen LogP contribution is -2.26. The lowest BCUT2D eigenvalue weighted by Gasteiger charge is -2.27. The second kappa shape index (κ2) is 3.90. The Balaban J connectivity index is 2.34. The second-order valence-corrected chi connectivity index (χ2v) is 3.69. The summed E-state index contributed by atoms with van der Waals surface area (Å²) >= 11 is 0. The van der Waals surface area contributed by atoms with E-state index < -0.39 is 5.97 Å². The van der Waals surface area contributed by atoms with E-state index in [9.17, 15) is 9.90 Å². The number of aliphatic hydroxyl groups excluding tert-OH is 1. The molecule has 12 heavy (non-hydrogen) atoms. The summed E-state index contributed by atoms with van der Waals surface area (Å²) in [6, 6.07) is 0. The highest BCUT2D eigenvalue weighted by Gasteiger charge is 2.27. The molecule has 0 heterocycles. The molecule has 0 aromatic rings. The summed E-state index contributed by atoms with van der Waals surface area (Å²) in [5, 5.41) is 18.0. The maximum atomic E-state index is 10.6. The molecule has 2 N–H and O–H groups in total. The molecule has 0 aromatic carbocycles. The summed E-state index contributed by atoms with van der Waals surface area (Å²) in [7, 11) is 0. The number of carboxylic acid groups (broad SMARTS) is 1. The molecule has 3 nitrogen and oxygen atoms in total. The van der Waals surface area contributed by atoms with E-state index in [1.165, 1.54) is 0 Å². The van der Waals surface area contributed by atoms with Crippen LogP contribution in [0, 0.1) is 11.8 Å². The fourth-order valence-corrected chi connectivity index (χ4v) is 1.85. The Morgan fingerprint density at radius 3 is 2.17 bits per heavy atom. The van der Waals surface area contributed by atoms with Crippen molar-refractivity contribution < 1.29 is 15.0 Å². The van der Waals surface area contributed by atoms with E-state index in [4.69, 9.17) is 5.11 Å². The zero-order chi connectivity index (χ0) is 9.14. The average molecular weight is 172 g/mol. The van der Waals surface area contributed by atoms with Crippen molar-refractivity contribution in [2.75, 3.05) is 0 Å². The van der Waals surface area contributed by atoms with E-state index in [-0.39, 0.29) is 12.0 Å². The van der Waals surface area contributed by atoms with E-state index in [1.54, 1.807) is 6.92 Å². The fourth-order valence-electron chi connectivity index (χ4n) is 1.85. The molecule has 1 rings (SSSR count). The van der Waals surface area contributed by atoms with Crippen LogP contribution in [0.1, 0.15) is 32.6 Å². The number of rotatable bonds is 2. The summed E-state index contributed by atoms with van der Waals surface area (Å²) in [5.41, 5.74) is 0. The Morgan fingerprint density at radius 1 is 1.33 bits per heavy atom. The number of hydrogen-bond acceptors (Lipinski definition) is 2. The molecule has 1 aliphatic carbocycles. The minimum Gasteiger partial charge on any atom is -0.481 e. The average Bonchev–Trinajstić information content (AvgIpc) is 2.04. The summed E-state index contributed by atoms with van der Waals surface area (Å²) in [6.45, 7) is 1.78. The van der Waals surface area contributed by atoms with Crippen LogP contribution in [0.5, 0.6) is 0 Å². The van der Waals surface area contributed by atoms with E-state index in [1.807, 2.05) is 0 Å². The van der Waals surface area contributed by atoms with Gasteiger partial charge in [0.1, 0.15) is 0 Å². The van der Waals surface area contributed by atoms with Crippen molar-refractivity contribution in [3.63, 3.8) is 0 Å². The first-order valence-electron chi connectivity index (χ1n) is 4.52. The van der Waals surface area contributed by atoms with Crippen LogP contribution in [0.3, 0.4) is 0 Å². The van der Waals surface area contributed by atoms with Gasteiger partial charge in [-0.3, -0.25) is 4.79 Å². The first-order chi connectivity index (χ1) is 5.61. The molecule has 0 bridgehead atoms. The standard InChI is InChI=1S/C9H16O3/c1-6(10)7-2-4-8(5-3-7)9(11)12/h6-8,10H,2-5H2,1H3,(H,11,12). The first kappa shape index (κ1) is 9.52. The predicted octanol–water partition coefficient (Wildman–Crippen LogP) is 1.26. The van der Waals surface area contributed by atoms with Gasteiger partial charge in [0.2, 0.25) is 0 Å². The van der Waals surface area contributed by atoms with Gasteiger partial charge in [-0.15, -0.1) is 0 Å². The highest BCUT2D eigenvalue weighted by atomic mass is 16.4. The second-order valence-electron chi connectivity index (χ2n) is 3.69. The Morgan fingerprint density at radius 2 is 1.83 bits per heavy atom. The van der Waals surface area contributed by atoms with Gasteiger partial charge >= 0.3 is 5.97 Å². The highest BCUT2D eigenvalue weighted by molar-refractivity contribution is 5.69. The van der Waals surface area contributed by atoms with Crippen molar-refractivity contribution in [1.82, 2.24) is 0 Å². The van der Waals surface area contributed by atoms with Crippen molar-refractivity contribution in [2.45, 2.75) is 38.7 Å². The number of carbonyl (C=O) groups is 1. The molecular formula is C9H16O3. The normalized spacial score (nSPS) is 32.8. The molecule has 0 amide bonds. The predicted molar refractivity (Wildman–Crippen MR) is 44.8 cm³/mol. The van der Waals surface area contributed by atoms with Crippen LogP contribution >= 0.6 is 0 Å². The van der Waals surface area contributed by atoms with Crippen LogP contribution in [0.2, 0.25) is 0 Å². The van der Waals surface area contributed by atoms with Crippen LogP contribution in [0.25, 0.3) is 0 Å². The summed E-state index contributed by atoms with van der Waals surface area (Å²) in [5.74, 6) is -0.528. The molecule has 3 heteroatoms. The molecule has 0 saturated heterocycles. The zero-order valence-electron chi connectivity index (χ0n) is 7.36. The van der Waals surface area contributed by atoms with Crippen LogP contribution < -0.4 is 0 Å². The number of aliphatic carboxylic acids is 1. The molecule has 0 aliphatic heterocycles. The molecule has 1 fully saturated rings. The molecule has 1 atom stereocenters. The maximum Gasteiger partial charge on any atom is 0.306 e. The summed E-state index contributed by atoms with van der Waals surface area (Å²) in [4.78, 5) is 10.6. The van der Waals surface area contributed by atoms with Crippen molar-refractivity contribution in [3.05, 3.63) is 0 Å². The number of aliphatic hydroxyl groups is 1. The smallest absolute Gasteiger partial charge is 0.306 e. The largest absolute Gasteiger partial charge is 0.481 e. The zero-order valence-corrected chi connectivity index (χ0v) is 7.36. The molecule has 1 unspecified atom stereocenters. The minimum absolute atomic E-state index is 0.167. The number of carboxylic acids is 1. The quantitative estimate of drug-likeness (QED) is 0.659. The Labute approximate surface area is 72.4 Å². The summed E-state index contributed by atoms with van der Waals surface area (Å²) < 4.78 is 0. The lowest BCUT2D eigenvalue weighted by atomic mass is 9.80. The molecule has 0 radical (unpaired) electrons. The minimum atomic E-state index is -0.681. The third-order valence-corrected chi connectivity index (χ3v) is 2.80. The van der Waals surface area contributed by atoms with Gasteiger partial charge in [0.05, 0.1) is 12.0 Å². The van der Waals surface area contributed by atoms with Gasteiger partial charge in [0, 0.05) is 0 Å². The van der Waals surface area contributed by atoms with Gasteiger partial charge in [0.15, 0.2) is 0 Å². The fraction of sp³-hybridized carbons (Fsp3) is 0.889. The number of hydrogen-bond donors (Lipinski definition) is 2. The van der Waals surface area contributed by atoms with Crippen LogP contribution in [-0.2, 0) is 4.79 Å². The van der Waals surface area contributed by atoms with Gasteiger partial charge in [-0.2, -0.15) is 0 Å². The van der Waals surface area contributed by atoms with Gasteiger partial charge in [-0.25, -0.2) is 0 Å². The first-order valence-corrected chi connectivity index (χ1v) is 4.52. The van der Waals surface area contributed by atoms with Crippen LogP contribution in [-0.4, -0.2) is 22.3 Å². The van der Waals surface area contributed by atoms with Gasteiger partial charge < -0.3 is 10.2 Å². The van der Waals surface area contributed by atoms with Crippen LogP contribution in [0.15, 0.2) is 0 Å².